The first-order valence-electron chi connectivity index (χ1n) is 5.75. The maximum Gasteiger partial charge on any atom is 0.227 e. The van der Waals surface area contributed by atoms with Crippen molar-refractivity contribution < 1.29 is 4.79 Å². The number of carbonyl (C=O) groups is 1. The van der Waals surface area contributed by atoms with Gasteiger partial charge in [0.05, 0.1) is 11.6 Å². The summed E-state index contributed by atoms with van der Waals surface area (Å²) in [5.41, 5.74) is 7.00. The lowest BCUT2D eigenvalue weighted by Gasteiger charge is -2.10. The molecule has 1 aromatic rings. The Morgan fingerprint density at radius 2 is 2.29 bits per heavy atom. The molecule has 4 heteroatoms. The first kappa shape index (κ1) is 11.6. The standard InChI is InChI=1S/C13H15N3O/c14-8-9-2-1-3-12(6-9)16-13(17)10-4-5-11(15)7-10/h1-3,6,10-11H,4-5,7,15H2,(H,16,17). The van der Waals surface area contributed by atoms with Gasteiger partial charge in [-0.2, -0.15) is 5.26 Å². The average Bonchev–Trinajstić information content (AvgIpc) is 2.76. The summed E-state index contributed by atoms with van der Waals surface area (Å²) >= 11 is 0. The van der Waals surface area contributed by atoms with Crippen LogP contribution < -0.4 is 11.1 Å². The van der Waals surface area contributed by atoms with E-state index in [0.717, 1.165) is 19.3 Å². The summed E-state index contributed by atoms with van der Waals surface area (Å²) in [6.45, 7) is 0. The Kier molecular flexibility index (Phi) is 3.40. The van der Waals surface area contributed by atoms with E-state index in [1.807, 2.05) is 6.07 Å². The van der Waals surface area contributed by atoms with Crippen LogP contribution in [0.2, 0.25) is 0 Å². The lowest BCUT2D eigenvalue weighted by atomic mass is 10.1. The number of benzene rings is 1. The van der Waals surface area contributed by atoms with Gasteiger partial charge in [0.25, 0.3) is 0 Å². The molecule has 88 valence electrons. The summed E-state index contributed by atoms with van der Waals surface area (Å²) in [4.78, 5) is 11.9. The summed E-state index contributed by atoms with van der Waals surface area (Å²) in [7, 11) is 0. The SMILES string of the molecule is N#Cc1cccc(NC(=O)C2CCC(N)C2)c1. The van der Waals surface area contributed by atoms with Crippen LogP contribution in [0.3, 0.4) is 0 Å². The van der Waals surface area contributed by atoms with Crippen LogP contribution >= 0.6 is 0 Å². The fourth-order valence-corrected chi connectivity index (χ4v) is 2.17. The minimum Gasteiger partial charge on any atom is -0.328 e. The molecule has 2 rings (SSSR count). The lowest BCUT2D eigenvalue weighted by molar-refractivity contribution is -0.119. The molecular weight excluding hydrogens is 214 g/mol. The molecule has 1 aliphatic rings. The highest BCUT2D eigenvalue weighted by Gasteiger charge is 2.27. The highest BCUT2D eigenvalue weighted by Crippen LogP contribution is 2.25. The van der Waals surface area contributed by atoms with Crippen molar-refractivity contribution in [1.82, 2.24) is 0 Å². The second-order valence-electron chi connectivity index (χ2n) is 4.45. The number of nitrogens with zero attached hydrogens (tertiary/aromatic N) is 1. The molecular formula is C13H15N3O. The van der Waals surface area contributed by atoms with E-state index in [1.54, 1.807) is 24.3 Å². The first-order valence-corrected chi connectivity index (χ1v) is 5.75. The average molecular weight is 229 g/mol. The Labute approximate surface area is 100 Å². The van der Waals surface area contributed by atoms with E-state index < -0.39 is 0 Å². The van der Waals surface area contributed by atoms with E-state index >= 15 is 0 Å². The molecule has 1 saturated carbocycles. The maximum atomic E-state index is 11.9. The number of carbonyl (C=O) groups excluding carboxylic acids is 1. The van der Waals surface area contributed by atoms with Crippen molar-refractivity contribution in [2.45, 2.75) is 25.3 Å². The third-order valence-electron chi connectivity index (χ3n) is 3.10. The van der Waals surface area contributed by atoms with Crippen LogP contribution in [0.4, 0.5) is 5.69 Å². The molecule has 2 atom stereocenters. The van der Waals surface area contributed by atoms with Crippen molar-refractivity contribution in [2.75, 3.05) is 5.32 Å². The Bertz CT molecular complexity index is 464. The van der Waals surface area contributed by atoms with Gasteiger partial charge in [-0.15, -0.1) is 0 Å². The minimum atomic E-state index is 0.00744. The highest BCUT2D eigenvalue weighted by molar-refractivity contribution is 5.92. The van der Waals surface area contributed by atoms with Crippen molar-refractivity contribution in [3.63, 3.8) is 0 Å². The molecule has 0 saturated heterocycles. The fraction of sp³-hybridized carbons (Fsp3) is 0.385. The van der Waals surface area contributed by atoms with E-state index in [1.165, 1.54) is 0 Å². The summed E-state index contributed by atoms with van der Waals surface area (Å²) in [5.74, 6) is 0.0174. The van der Waals surface area contributed by atoms with Gasteiger partial charge >= 0.3 is 0 Å². The van der Waals surface area contributed by atoms with Gasteiger partial charge in [0, 0.05) is 17.6 Å². The second-order valence-corrected chi connectivity index (χ2v) is 4.45. The lowest BCUT2D eigenvalue weighted by Crippen LogP contribution is -2.23. The summed E-state index contributed by atoms with van der Waals surface area (Å²) in [5, 5.41) is 11.6. The third kappa shape index (κ3) is 2.83. The number of rotatable bonds is 2. The summed E-state index contributed by atoms with van der Waals surface area (Å²) in [6, 6.07) is 9.12. The van der Waals surface area contributed by atoms with E-state index in [-0.39, 0.29) is 17.9 Å². The molecule has 0 radical (unpaired) electrons. The molecule has 0 aromatic heterocycles. The third-order valence-corrected chi connectivity index (χ3v) is 3.10. The van der Waals surface area contributed by atoms with Crippen LogP contribution in [0, 0.1) is 17.2 Å². The molecule has 3 N–H and O–H groups in total. The van der Waals surface area contributed by atoms with Gasteiger partial charge in [0.15, 0.2) is 0 Å². The number of hydrogen-bond donors (Lipinski definition) is 2. The molecule has 1 aliphatic carbocycles. The van der Waals surface area contributed by atoms with Crippen LogP contribution in [-0.4, -0.2) is 11.9 Å². The predicted molar refractivity (Wildman–Crippen MR) is 65.1 cm³/mol. The first-order chi connectivity index (χ1) is 8.19. The monoisotopic (exact) mass is 229 g/mol. The molecule has 17 heavy (non-hydrogen) atoms. The normalized spacial score (nSPS) is 23.1. The van der Waals surface area contributed by atoms with Gasteiger partial charge in [0.1, 0.15) is 0 Å². The number of amides is 1. The Morgan fingerprint density at radius 3 is 2.94 bits per heavy atom. The Hall–Kier alpha value is -1.86. The molecule has 0 heterocycles. The number of nitrogens with one attached hydrogen (secondary N) is 1. The van der Waals surface area contributed by atoms with E-state index in [9.17, 15) is 4.79 Å². The van der Waals surface area contributed by atoms with E-state index in [2.05, 4.69) is 5.32 Å². The molecule has 0 spiro atoms. The zero-order chi connectivity index (χ0) is 12.3. The van der Waals surface area contributed by atoms with Crippen molar-refractivity contribution in [1.29, 1.82) is 5.26 Å². The minimum absolute atomic E-state index is 0.00744. The topological polar surface area (TPSA) is 78.9 Å². The quantitative estimate of drug-likeness (QED) is 0.808. The molecule has 0 bridgehead atoms. The number of nitriles is 1. The van der Waals surface area contributed by atoms with Crippen LogP contribution in [0.1, 0.15) is 24.8 Å². The van der Waals surface area contributed by atoms with Gasteiger partial charge in [-0.1, -0.05) is 6.07 Å². The van der Waals surface area contributed by atoms with Crippen molar-refractivity contribution in [3.8, 4) is 6.07 Å². The van der Waals surface area contributed by atoms with Crippen LogP contribution in [0.5, 0.6) is 0 Å². The Balaban J connectivity index is 2.01. The van der Waals surface area contributed by atoms with Gasteiger partial charge in [-0.25, -0.2) is 0 Å². The molecule has 1 fully saturated rings. The fourth-order valence-electron chi connectivity index (χ4n) is 2.17. The van der Waals surface area contributed by atoms with E-state index in [0.29, 0.717) is 11.3 Å². The van der Waals surface area contributed by atoms with Gasteiger partial charge in [-0.05, 0) is 37.5 Å². The molecule has 1 amide bonds. The van der Waals surface area contributed by atoms with Gasteiger partial charge in [-0.3, -0.25) is 4.79 Å². The van der Waals surface area contributed by atoms with Crippen LogP contribution in [-0.2, 0) is 4.79 Å². The number of hydrogen-bond acceptors (Lipinski definition) is 3. The summed E-state index contributed by atoms with van der Waals surface area (Å²) < 4.78 is 0. The van der Waals surface area contributed by atoms with Crippen LogP contribution in [0.15, 0.2) is 24.3 Å². The van der Waals surface area contributed by atoms with E-state index in [4.69, 9.17) is 11.0 Å². The number of nitrogens with two attached hydrogens (primary N) is 1. The zero-order valence-corrected chi connectivity index (χ0v) is 9.52. The zero-order valence-electron chi connectivity index (χ0n) is 9.52. The predicted octanol–water partition coefficient (Wildman–Crippen LogP) is 1.62. The number of anilines is 1. The van der Waals surface area contributed by atoms with Crippen molar-refractivity contribution in [3.05, 3.63) is 29.8 Å². The smallest absolute Gasteiger partial charge is 0.227 e. The summed E-state index contributed by atoms with van der Waals surface area (Å²) in [6.07, 6.45) is 2.52. The van der Waals surface area contributed by atoms with Gasteiger partial charge in [0.2, 0.25) is 5.91 Å². The molecule has 0 aliphatic heterocycles. The Morgan fingerprint density at radius 1 is 1.47 bits per heavy atom. The van der Waals surface area contributed by atoms with Crippen molar-refractivity contribution in [2.24, 2.45) is 11.7 Å². The molecule has 4 nitrogen and oxygen atoms in total. The second kappa shape index (κ2) is 4.98. The van der Waals surface area contributed by atoms with Gasteiger partial charge < -0.3 is 11.1 Å². The maximum absolute atomic E-state index is 11.9. The molecule has 1 aromatic carbocycles. The van der Waals surface area contributed by atoms with Crippen molar-refractivity contribution >= 4 is 11.6 Å². The molecule has 2 unspecified atom stereocenters. The largest absolute Gasteiger partial charge is 0.328 e. The highest BCUT2D eigenvalue weighted by atomic mass is 16.1. The van der Waals surface area contributed by atoms with Crippen LogP contribution in [0.25, 0.3) is 0 Å².